The fourth-order valence-corrected chi connectivity index (χ4v) is 2.59. The molecule has 3 aromatic rings. The van der Waals surface area contributed by atoms with Crippen LogP contribution in [0, 0.1) is 24.0 Å². The highest BCUT2D eigenvalue weighted by Gasteiger charge is 2.15. The molecule has 0 aliphatic rings. The zero-order valence-corrected chi connectivity index (χ0v) is 14.1. The van der Waals surface area contributed by atoms with Crippen LogP contribution in [0.1, 0.15) is 27.2 Å². The molecule has 8 heteroatoms. The molecule has 2 aromatic heterocycles. The van der Waals surface area contributed by atoms with Crippen molar-refractivity contribution in [1.29, 1.82) is 0 Å². The van der Waals surface area contributed by atoms with Gasteiger partial charge in [0.1, 0.15) is 12.3 Å². The molecular formula is C18H15N3O5. The van der Waals surface area contributed by atoms with Gasteiger partial charge >= 0.3 is 5.97 Å². The molecular weight excluding hydrogens is 338 g/mol. The number of esters is 1. The molecule has 0 radical (unpaired) electrons. The van der Waals surface area contributed by atoms with Crippen LogP contribution in [0.5, 0.6) is 0 Å². The Morgan fingerprint density at radius 1 is 1.23 bits per heavy atom. The summed E-state index contributed by atoms with van der Waals surface area (Å²) in [5, 5.41) is 10.8. The van der Waals surface area contributed by atoms with E-state index in [2.05, 4.69) is 4.98 Å². The number of aromatic nitrogens is 2. The Kier molecular flexibility index (Phi) is 4.49. The average molecular weight is 353 g/mol. The van der Waals surface area contributed by atoms with Crippen molar-refractivity contribution in [2.45, 2.75) is 20.5 Å². The molecule has 0 saturated carbocycles. The summed E-state index contributed by atoms with van der Waals surface area (Å²) in [5.74, 6) is -0.644. The summed E-state index contributed by atoms with van der Waals surface area (Å²) in [6, 6.07) is 8.88. The first kappa shape index (κ1) is 17.3. The first-order valence-electron chi connectivity index (χ1n) is 7.77. The summed E-state index contributed by atoms with van der Waals surface area (Å²) in [7, 11) is 0. The average Bonchev–Trinajstić information content (AvgIpc) is 2.60. The predicted octanol–water partition coefficient (Wildman–Crippen LogP) is 2.58. The normalized spacial score (nSPS) is 10.7. The number of hydrogen-bond donors (Lipinski definition) is 0. The number of aryl methyl sites for hydroxylation is 2. The van der Waals surface area contributed by atoms with Crippen molar-refractivity contribution in [3.63, 3.8) is 0 Å². The first-order valence-corrected chi connectivity index (χ1v) is 7.77. The van der Waals surface area contributed by atoms with E-state index in [1.807, 2.05) is 13.0 Å². The lowest BCUT2D eigenvalue weighted by Gasteiger charge is -2.08. The number of pyridine rings is 1. The molecule has 0 amide bonds. The van der Waals surface area contributed by atoms with E-state index < -0.39 is 10.9 Å². The van der Waals surface area contributed by atoms with Crippen LogP contribution in [0.4, 0.5) is 5.69 Å². The van der Waals surface area contributed by atoms with Gasteiger partial charge in [0, 0.05) is 23.9 Å². The van der Waals surface area contributed by atoms with Crippen LogP contribution in [0.25, 0.3) is 5.65 Å². The zero-order valence-electron chi connectivity index (χ0n) is 14.1. The number of carbonyl (C=O) groups excluding carboxylic acids is 1. The number of rotatable bonds is 4. The Morgan fingerprint density at radius 2 is 2.00 bits per heavy atom. The monoisotopic (exact) mass is 353 g/mol. The molecule has 2 heterocycles. The highest BCUT2D eigenvalue weighted by Crippen LogP contribution is 2.19. The minimum absolute atomic E-state index is 0.0683. The van der Waals surface area contributed by atoms with Gasteiger partial charge in [-0.3, -0.25) is 19.3 Å². The second-order valence-electron chi connectivity index (χ2n) is 5.81. The molecule has 0 aliphatic heterocycles. The number of nitro groups is 1. The van der Waals surface area contributed by atoms with Gasteiger partial charge in [0.25, 0.3) is 11.2 Å². The molecule has 3 rings (SSSR count). The zero-order chi connectivity index (χ0) is 18.8. The Bertz CT molecular complexity index is 1090. The summed E-state index contributed by atoms with van der Waals surface area (Å²) in [5.41, 5.74) is 1.87. The largest absolute Gasteiger partial charge is 0.456 e. The summed E-state index contributed by atoms with van der Waals surface area (Å²) in [6.45, 7) is 3.20. The van der Waals surface area contributed by atoms with Crippen LogP contribution in [0.3, 0.4) is 0 Å². The van der Waals surface area contributed by atoms with Crippen molar-refractivity contribution in [1.82, 2.24) is 9.38 Å². The molecule has 0 N–H and O–H groups in total. The molecule has 0 bridgehead atoms. The summed E-state index contributed by atoms with van der Waals surface area (Å²) in [4.78, 5) is 39.0. The lowest BCUT2D eigenvalue weighted by Crippen LogP contribution is -2.17. The Labute approximate surface area is 147 Å². The lowest BCUT2D eigenvalue weighted by molar-refractivity contribution is -0.385. The van der Waals surface area contributed by atoms with Gasteiger partial charge in [-0.05, 0) is 37.6 Å². The molecule has 0 saturated heterocycles. The van der Waals surface area contributed by atoms with Gasteiger partial charge in [-0.2, -0.15) is 0 Å². The quantitative estimate of drug-likeness (QED) is 0.406. The first-order chi connectivity index (χ1) is 12.4. The van der Waals surface area contributed by atoms with Gasteiger partial charge in [-0.25, -0.2) is 9.78 Å². The second-order valence-corrected chi connectivity index (χ2v) is 5.81. The minimum atomic E-state index is -0.644. The summed E-state index contributed by atoms with van der Waals surface area (Å²) in [6.07, 6.45) is 1.62. The predicted molar refractivity (Wildman–Crippen MR) is 93.2 cm³/mol. The number of nitro benzene ring substituents is 1. The van der Waals surface area contributed by atoms with E-state index in [1.54, 1.807) is 19.2 Å². The Hall–Kier alpha value is -3.55. The molecule has 8 nitrogen and oxygen atoms in total. The molecule has 132 valence electrons. The molecule has 0 aliphatic carbocycles. The van der Waals surface area contributed by atoms with Crippen LogP contribution in [-0.4, -0.2) is 20.3 Å². The summed E-state index contributed by atoms with van der Waals surface area (Å²) >= 11 is 0. The summed E-state index contributed by atoms with van der Waals surface area (Å²) < 4.78 is 6.61. The van der Waals surface area contributed by atoms with Crippen molar-refractivity contribution in [3.8, 4) is 0 Å². The molecule has 1 aromatic carbocycles. The smallest absolute Gasteiger partial charge is 0.338 e. The fraction of sp³-hybridized carbons (Fsp3) is 0.167. The topological polar surface area (TPSA) is 104 Å². The van der Waals surface area contributed by atoms with E-state index in [1.165, 1.54) is 28.7 Å². The van der Waals surface area contributed by atoms with Gasteiger partial charge < -0.3 is 4.74 Å². The van der Waals surface area contributed by atoms with E-state index in [-0.39, 0.29) is 23.4 Å². The molecule has 0 fully saturated rings. The third-order valence-corrected chi connectivity index (χ3v) is 3.92. The number of nitrogens with zero attached hydrogens (tertiary/aromatic N) is 3. The van der Waals surface area contributed by atoms with E-state index in [0.717, 1.165) is 5.56 Å². The van der Waals surface area contributed by atoms with Gasteiger partial charge in [0.15, 0.2) is 0 Å². The van der Waals surface area contributed by atoms with Crippen LogP contribution < -0.4 is 5.56 Å². The van der Waals surface area contributed by atoms with Crippen LogP contribution in [-0.2, 0) is 11.3 Å². The highest BCUT2D eigenvalue weighted by atomic mass is 16.6. The SMILES string of the molecule is Cc1cc(C(=O)OCc2cc(=O)n3cccc(C)c3n2)ccc1[N+](=O)[O-]. The number of ether oxygens (including phenoxy) is 1. The van der Waals surface area contributed by atoms with E-state index in [4.69, 9.17) is 4.74 Å². The van der Waals surface area contributed by atoms with E-state index in [0.29, 0.717) is 16.9 Å². The number of hydrogen-bond acceptors (Lipinski definition) is 6. The maximum Gasteiger partial charge on any atom is 0.338 e. The molecule has 0 unspecified atom stereocenters. The fourth-order valence-electron chi connectivity index (χ4n) is 2.59. The van der Waals surface area contributed by atoms with Crippen LogP contribution in [0.15, 0.2) is 47.4 Å². The second kappa shape index (κ2) is 6.75. The molecule has 0 spiro atoms. The molecule has 0 atom stereocenters. The van der Waals surface area contributed by atoms with Gasteiger partial charge in [0.2, 0.25) is 0 Å². The number of fused-ring (bicyclic) bond motifs is 1. The maximum absolute atomic E-state index is 12.2. The third-order valence-electron chi connectivity index (χ3n) is 3.92. The minimum Gasteiger partial charge on any atom is -0.456 e. The van der Waals surface area contributed by atoms with Crippen molar-refractivity contribution >= 4 is 17.3 Å². The third kappa shape index (κ3) is 3.30. The van der Waals surface area contributed by atoms with Gasteiger partial charge in [-0.15, -0.1) is 0 Å². The van der Waals surface area contributed by atoms with E-state index >= 15 is 0 Å². The van der Waals surface area contributed by atoms with Crippen molar-refractivity contribution < 1.29 is 14.5 Å². The van der Waals surface area contributed by atoms with Gasteiger partial charge in [-0.1, -0.05) is 6.07 Å². The highest BCUT2D eigenvalue weighted by molar-refractivity contribution is 5.90. The molecule has 26 heavy (non-hydrogen) atoms. The van der Waals surface area contributed by atoms with Crippen molar-refractivity contribution in [3.05, 3.63) is 85.4 Å². The van der Waals surface area contributed by atoms with Crippen molar-refractivity contribution in [2.24, 2.45) is 0 Å². The number of carbonyl (C=O) groups is 1. The number of benzene rings is 1. The Morgan fingerprint density at radius 3 is 2.69 bits per heavy atom. The van der Waals surface area contributed by atoms with Crippen LogP contribution in [0.2, 0.25) is 0 Å². The maximum atomic E-state index is 12.2. The van der Waals surface area contributed by atoms with Gasteiger partial charge in [0.05, 0.1) is 16.2 Å². The van der Waals surface area contributed by atoms with Crippen molar-refractivity contribution in [2.75, 3.05) is 0 Å². The van der Waals surface area contributed by atoms with Crippen LogP contribution >= 0.6 is 0 Å². The van der Waals surface area contributed by atoms with E-state index in [9.17, 15) is 19.7 Å². The Balaban J connectivity index is 1.81. The lowest BCUT2D eigenvalue weighted by atomic mass is 10.1. The standard InChI is InChI=1S/C18H15N3O5/c1-11-4-3-7-20-16(22)9-14(19-17(11)20)10-26-18(23)13-5-6-15(21(24)25)12(2)8-13/h3-9H,10H2,1-2H3.